The summed E-state index contributed by atoms with van der Waals surface area (Å²) in [6, 6.07) is 0. The second-order valence-electron chi connectivity index (χ2n) is 5.87. The van der Waals surface area contributed by atoms with E-state index in [0.29, 0.717) is 52.7 Å². The molecule has 1 atom stereocenters. The maximum atomic E-state index is 13.0. The minimum atomic E-state index is -1.19. The summed E-state index contributed by atoms with van der Waals surface area (Å²) in [7, 11) is 1.87. The van der Waals surface area contributed by atoms with Gasteiger partial charge in [0.2, 0.25) is 6.41 Å². The third kappa shape index (κ3) is 40.9. The minimum Gasteiger partial charge on any atom is -0.378 e. The standard InChI is InChI=1S/C13H27FN2O5.C4H10.C2H6/c1-15-2-3-18-4-5-19-6-7-20-8-9-21-11-13(14)10-16-12-17;1-4(2)3;1-2/h12-13,15H,2-11H2,1H3,(H,16,17);4H,1-3H3;1-2H3. The molecule has 0 aromatic carbocycles. The number of hydrogen-bond donors (Lipinski definition) is 2. The van der Waals surface area contributed by atoms with Crippen molar-refractivity contribution in [3.05, 3.63) is 0 Å². The Bertz CT molecular complexity index is 259. The van der Waals surface area contributed by atoms with Crippen molar-refractivity contribution in [2.75, 3.05) is 73.0 Å². The average Bonchev–Trinajstić information content (AvgIpc) is 2.65. The number of rotatable bonds is 17. The van der Waals surface area contributed by atoms with E-state index in [0.717, 1.165) is 12.5 Å². The van der Waals surface area contributed by atoms with Gasteiger partial charge in [-0.2, -0.15) is 0 Å². The van der Waals surface area contributed by atoms with Crippen LogP contribution in [0.25, 0.3) is 0 Å². The molecule has 7 nitrogen and oxygen atoms in total. The Morgan fingerprint density at radius 3 is 1.67 bits per heavy atom. The van der Waals surface area contributed by atoms with E-state index in [1.165, 1.54) is 0 Å². The van der Waals surface area contributed by atoms with Crippen molar-refractivity contribution in [1.82, 2.24) is 10.6 Å². The van der Waals surface area contributed by atoms with Crippen LogP contribution in [-0.4, -0.2) is 85.6 Å². The van der Waals surface area contributed by atoms with Gasteiger partial charge in [0.05, 0.1) is 59.4 Å². The van der Waals surface area contributed by atoms with Gasteiger partial charge in [-0.15, -0.1) is 0 Å². The molecule has 166 valence electrons. The Kier molecular flexibility index (Phi) is 34.3. The Hall–Kier alpha value is -0.800. The molecule has 0 radical (unpaired) electrons. The molecule has 0 saturated carbocycles. The zero-order valence-electron chi connectivity index (χ0n) is 18.2. The van der Waals surface area contributed by atoms with Gasteiger partial charge < -0.3 is 29.6 Å². The summed E-state index contributed by atoms with van der Waals surface area (Å²) in [6.45, 7) is 14.7. The number of carbonyl (C=O) groups excluding carboxylic acids is 1. The van der Waals surface area contributed by atoms with Crippen LogP contribution in [0.3, 0.4) is 0 Å². The van der Waals surface area contributed by atoms with Gasteiger partial charge in [-0.25, -0.2) is 4.39 Å². The molecule has 0 fully saturated rings. The molecule has 0 saturated heterocycles. The molecule has 1 amide bonds. The summed E-state index contributed by atoms with van der Waals surface area (Å²) in [5, 5.41) is 5.23. The predicted molar refractivity (Wildman–Crippen MR) is 108 cm³/mol. The number of nitrogens with one attached hydrogen (secondary N) is 2. The van der Waals surface area contributed by atoms with E-state index in [2.05, 4.69) is 31.4 Å². The van der Waals surface area contributed by atoms with Gasteiger partial charge >= 0.3 is 0 Å². The van der Waals surface area contributed by atoms with Crippen LogP contribution in [0.15, 0.2) is 0 Å². The lowest BCUT2D eigenvalue weighted by Crippen LogP contribution is -2.26. The van der Waals surface area contributed by atoms with Crippen molar-refractivity contribution in [2.45, 2.75) is 40.8 Å². The molecular weight excluding hydrogens is 355 g/mol. The zero-order valence-corrected chi connectivity index (χ0v) is 18.2. The van der Waals surface area contributed by atoms with Crippen LogP contribution in [-0.2, 0) is 23.7 Å². The van der Waals surface area contributed by atoms with Crippen LogP contribution in [0.1, 0.15) is 34.6 Å². The van der Waals surface area contributed by atoms with Crippen molar-refractivity contribution in [3.8, 4) is 0 Å². The van der Waals surface area contributed by atoms with E-state index in [4.69, 9.17) is 18.9 Å². The second kappa shape index (κ2) is 29.9. The highest BCUT2D eigenvalue weighted by molar-refractivity contribution is 5.45. The fourth-order valence-corrected chi connectivity index (χ4v) is 1.28. The Morgan fingerprint density at radius 1 is 0.852 bits per heavy atom. The number of hydrogen-bond acceptors (Lipinski definition) is 6. The van der Waals surface area contributed by atoms with Gasteiger partial charge in [0.1, 0.15) is 6.17 Å². The van der Waals surface area contributed by atoms with Crippen LogP contribution < -0.4 is 10.6 Å². The van der Waals surface area contributed by atoms with Crippen LogP contribution in [0.5, 0.6) is 0 Å². The lowest BCUT2D eigenvalue weighted by Gasteiger charge is -2.09. The van der Waals surface area contributed by atoms with Gasteiger partial charge in [-0.05, 0) is 13.0 Å². The third-order valence-electron chi connectivity index (χ3n) is 2.33. The quantitative estimate of drug-likeness (QED) is 0.288. The predicted octanol–water partition coefficient (Wildman–Crippen LogP) is 2.04. The summed E-state index contributed by atoms with van der Waals surface area (Å²) < 4.78 is 33.9. The summed E-state index contributed by atoms with van der Waals surface area (Å²) >= 11 is 0. The molecule has 27 heavy (non-hydrogen) atoms. The summed E-state index contributed by atoms with van der Waals surface area (Å²) in [4.78, 5) is 9.94. The first kappa shape index (κ1) is 30.9. The van der Waals surface area contributed by atoms with E-state index < -0.39 is 6.17 Å². The molecule has 8 heteroatoms. The highest BCUT2D eigenvalue weighted by Gasteiger charge is 2.04. The molecule has 1 unspecified atom stereocenters. The monoisotopic (exact) mass is 398 g/mol. The molecule has 0 rings (SSSR count). The molecule has 0 aliphatic carbocycles. The molecule has 0 aromatic rings. The smallest absolute Gasteiger partial charge is 0.207 e. The molecule has 0 aliphatic rings. The molecule has 0 heterocycles. The first-order valence-electron chi connectivity index (χ1n) is 9.81. The van der Waals surface area contributed by atoms with E-state index in [1.807, 2.05) is 20.9 Å². The van der Waals surface area contributed by atoms with Crippen molar-refractivity contribution in [2.24, 2.45) is 5.92 Å². The summed E-state index contributed by atoms with van der Waals surface area (Å²) in [5.74, 6) is 0.833. The fourth-order valence-electron chi connectivity index (χ4n) is 1.28. The number of carbonyl (C=O) groups is 1. The van der Waals surface area contributed by atoms with E-state index in [-0.39, 0.29) is 13.2 Å². The van der Waals surface area contributed by atoms with Gasteiger partial charge in [-0.1, -0.05) is 34.6 Å². The lowest BCUT2D eigenvalue weighted by atomic mass is 10.3. The SMILES string of the molecule is CC.CC(C)C.CNCCOCCOCCOCCOCC(F)CNC=O. The first-order chi connectivity index (χ1) is 13.0. The highest BCUT2D eigenvalue weighted by Crippen LogP contribution is 1.90. The van der Waals surface area contributed by atoms with Crippen LogP contribution in [0.4, 0.5) is 4.39 Å². The van der Waals surface area contributed by atoms with Gasteiger partial charge in [0.25, 0.3) is 0 Å². The topological polar surface area (TPSA) is 78.1 Å². The minimum absolute atomic E-state index is 0.0331. The third-order valence-corrected chi connectivity index (χ3v) is 2.33. The van der Waals surface area contributed by atoms with Gasteiger partial charge in [0, 0.05) is 6.54 Å². The largest absolute Gasteiger partial charge is 0.378 e. The Balaban J connectivity index is -0.000000841. The maximum absolute atomic E-state index is 13.0. The molecule has 2 N–H and O–H groups in total. The number of halogens is 1. The van der Waals surface area contributed by atoms with Crippen LogP contribution in [0.2, 0.25) is 0 Å². The maximum Gasteiger partial charge on any atom is 0.207 e. The zero-order chi connectivity index (χ0) is 21.2. The second-order valence-corrected chi connectivity index (χ2v) is 5.87. The van der Waals surface area contributed by atoms with Crippen molar-refractivity contribution in [3.63, 3.8) is 0 Å². The highest BCUT2D eigenvalue weighted by atomic mass is 19.1. The Labute approximate surface area is 165 Å². The molecule has 0 spiro atoms. The van der Waals surface area contributed by atoms with Gasteiger partial charge in [0.15, 0.2) is 0 Å². The van der Waals surface area contributed by atoms with Crippen molar-refractivity contribution < 1.29 is 28.1 Å². The lowest BCUT2D eigenvalue weighted by molar-refractivity contribution is -0.109. The Morgan fingerprint density at radius 2 is 1.26 bits per heavy atom. The van der Waals surface area contributed by atoms with Gasteiger partial charge in [-0.3, -0.25) is 4.79 Å². The normalized spacial score (nSPS) is 11.1. The number of likely N-dealkylation sites (N-methyl/N-ethyl adjacent to an activating group) is 1. The van der Waals surface area contributed by atoms with Crippen LogP contribution >= 0.6 is 0 Å². The van der Waals surface area contributed by atoms with E-state index >= 15 is 0 Å². The molecule has 0 bridgehead atoms. The average molecular weight is 399 g/mol. The number of alkyl halides is 1. The first-order valence-corrected chi connectivity index (χ1v) is 9.81. The molecule has 0 aromatic heterocycles. The summed E-state index contributed by atoms with van der Waals surface area (Å²) in [5.41, 5.74) is 0. The van der Waals surface area contributed by atoms with Crippen LogP contribution in [0, 0.1) is 5.92 Å². The van der Waals surface area contributed by atoms with Crippen molar-refractivity contribution >= 4 is 6.41 Å². The van der Waals surface area contributed by atoms with Crippen molar-refractivity contribution in [1.29, 1.82) is 0 Å². The van der Waals surface area contributed by atoms with E-state index in [1.54, 1.807) is 0 Å². The molecule has 0 aliphatic heterocycles. The number of ether oxygens (including phenoxy) is 4. The fraction of sp³-hybridized carbons (Fsp3) is 0.947. The summed E-state index contributed by atoms with van der Waals surface area (Å²) in [6.07, 6.45) is -0.733. The molecular formula is C19H43FN2O5. The van der Waals surface area contributed by atoms with E-state index in [9.17, 15) is 9.18 Å². The number of amides is 1.